The van der Waals surface area contributed by atoms with Crippen LogP contribution >= 0.6 is 0 Å². The predicted octanol–water partition coefficient (Wildman–Crippen LogP) is 2.49. The maximum Gasteiger partial charge on any atom is 0.269 e. The number of likely N-dealkylation sites (tertiary alicyclic amines) is 1. The van der Waals surface area contributed by atoms with Crippen LogP contribution in [0.3, 0.4) is 0 Å². The summed E-state index contributed by atoms with van der Waals surface area (Å²) in [6.07, 6.45) is 2.29. The van der Waals surface area contributed by atoms with Crippen LogP contribution in [-0.4, -0.2) is 43.1 Å². The first-order valence-corrected chi connectivity index (χ1v) is 9.16. The van der Waals surface area contributed by atoms with Crippen LogP contribution in [-0.2, 0) is 9.84 Å². The lowest BCUT2D eigenvalue weighted by Gasteiger charge is -2.35. The highest BCUT2D eigenvalue weighted by molar-refractivity contribution is 7.91. The summed E-state index contributed by atoms with van der Waals surface area (Å²) >= 11 is 0. The van der Waals surface area contributed by atoms with Crippen LogP contribution in [0.2, 0.25) is 0 Å². The van der Waals surface area contributed by atoms with Gasteiger partial charge in [0.2, 0.25) is 0 Å². The second kappa shape index (κ2) is 6.75. The van der Waals surface area contributed by atoms with Crippen LogP contribution in [0.25, 0.3) is 0 Å². The van der Waals surface area contributed by atoms with E-state index in [-0.39, 0.29) is 22.4 Å². The second-order valence-electron chi connectivity index (χ2n) is 6.12. The third-order valence-corrected chi connectivity index (χ3v) is 6.09. The highest BCUT2D eigenvalue weighted by Crippen LogP contribution is 2.21. The average molecular weight is 326 g/mol. The van der Waals surface area contributed by atoms with Gasteiger partial charge in [-0.1, -0.05) is 6.92 Å². The molecule has 0 radical (unpaired) electrons. The van der Waals surface area contributed by atoms with Crippen molar-refractivity contribution in [3.63, 3.8) is 0 Å². The number of non-ortho nitro benzene ring substituents is 1. The zero-order valence-corrected chi connectivity index (χ0v) is 13.8. The first-order valence-electron chi connectivity index (χ1n) is 7.51. The summed E-state index contributed by atoms with van der Waals surface area (Å²) < 4.78 is 24.9. The van der Waals surface area contributed by atoms with E-state index in [4.69, 9.17) is 0 Å². The lowest BCUT2D eigenvalue weighted by molar-refractivity contribution is -0.384. The summed E-state index contributed by atoms with van der Waals surface area (Å²) in [7, 11) is -3.43. The molecule has 0 N–H and O–H groups in total. The Balaban J connectivity index is 2.08. The van der Waals surface area contributed by atoms with Crippen LogP contribution in [0.15, 0.2) is 29.2 Å². The predicted molar refractivity (Wildman–Crippen MR) is 84.6 cm³/mol. The maximum absolute atomic E-state index is 12.5. The number of piperidine rings is 1. The highest BCUT2D eigenvalue weighted by Gasteiger charge is 2.26. The van der Waals surface area contributed by atoms with Gasteiger partial charge in [-0.25, -0.2) is 8.42 Å². The highest BCUT2D eigenvalue weighted by atomic mass is 32.2. The third-order valence-electron chi connectivity index (χ3n) is 4.18. The van der Waals surface area contributed by atoms with E-state index < -0.39 is 14.8 Å². The van der Waals surface area contributed by atoms with Crippen LogP contribution in [0, 0.1) is 16.0 Å². The van der Waals surface area contributed by atoms with Crippen molar-refractivity contribution in [1.82, 2.24) is 4.90 Å². The van der Waals surface area contributed by atoms with Gasteiger partial charge in [0.1, 0.15) is 0 Å². The fraction of sp³-hybridized carbons (Fsp3) is 0.600. The molecule has 1 fully saturated rings. The van der Waals surface area contributed by atoms with Gasteiger partial charge >= 0.3 is 0 Å². The Kier molecular flexibility index (Phi) is 5.18. The number of benzene rings is 1. The lowest BCUT2D eigenvalue weighted by atomic mass is 9.99. The van der Waals surface area contributed by atoms with E-state index in [0.29, 0.717) is 5.92 Å². The first kappa shape index (κ1) is 16.9. The van der Waals surface area contributed by atoms with E-state index >= 15 is 0 Å². The molecular formula is C15H22N2O4S. The van der Waals surface area contributed by atoms with Gasteiger partial charge in [-0.3, -0.25) is 15.0 Å². The molecule has 1 heterocycles. The Bertz CT molecular complexity index is 627. The minimum Gasteiger partial charge on any atom is -0.299 e. The Morgan fingerprint density at radius 3 is 2.55 bits per heavy atom. The molecule has 2 rings (SSSR count). The summed E-state index contributed by atoms with van der Waals surface area (Å²) in [6.45, 7) is 5.98. The molecule has 0 bridgehead atoms. The number of rotatable bonds is 5. The molecule has 0 unspecified atom stereocenters. The molecule has 1 aromatic rings. The van der Waals surface area contributed by atoms with Gasteiger partial charge in [0.15, 0.2) is 9.84 Å². The van der Waals surface area contributed by atoms with Gasteiger partial charge in [-0.15, -0.1) is 0 Å². The molecule has 22 heavy (non-hydrogen) atoms. The quantitative estimate of drug-likeness (QED) is 0.613. The average Bonchev–Trinajstić information content (AvgIpc) is 2.47. The molecule has 6 nitrogen and oxygen atoms in total. The van der Waals surface area contributed by atoms with Crippen molar-refractivity contribution in [3.8, 4) is 0 Å². The van der Waals surface area contributed by atoms with E-state index in [1.54, 1.807) is 0 Å². The number of sulfone groups is 1. The van der Waals surface area contributed by atoms with Crippen molar-refractivity contribution in [2.24, 2.45) is 5.92 Å². The van der Waals surface area contributed by atoms with Crippen LogP contribution in [0.5, 0.6) is 0 Å². The minimum atomic E-state index is -3.43. The fourth-order valence-corrected chi connectivity index (χ4v) is 4.51. The lowest BCUT2D eigenvalue weighted by Crippen LogP contribution is -2.43. The largest absolute Gasteiger partial charge is 0.299 e. The number of nitro benzene ring substituents is 1. The van der Waals surface area contributed by atoms with E-state index in [0.717, 1.165) is 19.5 Å². The maximum atomic E-state index is 12.5. The molecule has 122 valence electrons. The summed E-state index contributed by atoms with van der Waals surface area (Å²) in [6, 6.07) is 5.06. The molecule has 1 aliphatic heterocycles. The summed E-state index contributed by atoms with van der Waals surface area (Å²) in [5.74, 6) is 0.635. The molecule has 7 heteroatoms. The van der Waals surface area contributed by atoms with E-state index in [1.165, 1.54) is 30.7 Å². The smallest absolute Gasteiger partial charge is 0.269 e. The fourth-order valence-electron chi connectivity index (χ4n) is 2.92. The SMILES string of the molecule is C[C@@H]1CCCN([C@H](C)CS(=O)(=O)c2ccc([N+](=O)[O-])cc2)C1. The Morgan fingerprint density at radius 2 is 2.00 bits per heavy atom. The molecule has 0 spiro atoms. The van der Waals surface area contributed by atoms with E-state index in [9.17, 15) is 18.5 Å². The van der Waals surface area contributed by atoms with Gasteiger partial charge in [0.25, 0.3) is 5.69 Å². The zero-order chi connectivity index (χ0) is 16.3. The Morgan fingerprint density at radius 1 is 1.36 bits per heavy atom. The molecular weight excluding hydrogens is 304 g/mol. The molecule has 0 aliphatic carbocycles. The van der Waals surface area contributed by atoms with Crippen molar-refractivity contribution < 1.29 is 13.3 Å². The summed E-state index contributed by atoms with van der Waals surface area (Å²) in [5, 5.41) is 10.6. The monoisotopic (exact) mass is 326 g/mol. The molecule has 1 saturated heterocycles. The summed E-state index contributed by atoms with van der Waals surface area (Å²) in [4.78, 5) is 12.5. The van der Waals surface area contributed by atoms with Gasteiger partial charge in [-0.2, -0.15) is 0 Å². The molecule has 1 aliphatic rings. The van der Waals surface area contributed by atoms with Crippen molar-refractivity contribution in [2.75, 3.05) is 18.8 Å². The van der Waals surface area contributed by atoms with Crippen LogP contribution in [0.1, 0.15) is 26.7 Å². The van der Waals surface area contributed by atoms with Gasteiger partial charge < -0.3 is 0 Å². The van der Waals surface area contributed by atoms with Gasteiger partial charge in [-0.05, 0) is 44.4 Å². The zero-order valence-electron chi connectivity index (χ0n) is 12.9. The molecule has 1 aromatic carbocycles. The van der Waals surface area contributed by atoms with Crippen LogP contribution in [0.4, 0.5) is 5.69 Å². The summed E-state index contributed by atoms with van der Waals surface area (Å²) in [5.41, 5.74) is -0.100. The molecule has 0 aromatic heterocycles. The molecule has 2 atom stereocenters. The third kappa shape index (κ3) is 4.04. The number of nitro groups is 1. The number of nitrogens with zero attached hydrogens (tertiary/aromatic N) is 2. The van der Waals surface area contributed by atoms with E-state index in [1.807, 2.05) is 6.92 Å². The number of hydrogen-bond acceptors (Lipinski definition) is 5. The Labute approximate surface area is 131 Å². The van der Waals surface area contributed by atoms with Crippen molar-refractivity contribution in [2.45, 2.75) is 37.6 Å². The van der Waals surface area contributed by atoms with Crippen LogP contribution < -0.4 is 0 Å². The van der Waals surface area contributed by atoms with Gasteiger partial charge in [0.05, 0.1) is 15.6 Å². The van der Waals surface area contributed by atoms with Crippen molar-refractivity contribution in [1.29, 1.82) is 0 Å². The van der Waals surface area contributed by atoms with E-state index in [2.05, 4.69) is 11.8 Å². The topological polar surface area (TPSA) is 80.5 Å². The Hall–Kier alpha value is -1.47. The normalized spacial score (nSPS) is 21.5. The van der Waals surface area contributed by atoms with Crippen molar-refractivity contribution in [3.05, 3.63) is 34.4 Å². The van der Waals surface area contributed by atoms with Gasteiger partial charge in [0, 0.05) is 24.7 Å². The first-order chi connectivity index (χ1) is 10.3. The molecule has 0 saturated carbocycles. The standard InChI is InChI=1S/C15H22N2O4S/c1-12-4-3-9-16(10-12)13(2)11-22(20,21)15-7-5-14(6-8-15)17(18)19/h5-8,12-13H,3-4,9-11H2,1-2H3/t12-,13-/m1/s1. The molecule has 0 amide bonds. The number of hydrogen-bond donors (Lipinski definition) is 0. The van der Waals surface area contributed by atoms with Crippen molar-refractivity contribution >= 4 is 15.5 Å². The second-order valence-corrected chi connectivity index (χ2v) is 8.16. The minimum absolute atomic E-state index is 0.0392.